The van der Waals surface area contributed by atoms with Gasteiger partial charge >= 0.3 is 0 Å². The molecule has 0 aliphatic heterocycles. The van der Waals surface area contributed by atoms with Crippen molar-refractivity contribution in [1.82, 2.24) is 14.5 Å². The number of ketones is 1. The van der Waals surface area contributed by atoms with Crippen molar-refractivity contribution in [2.75, 3.05) is 14.2 Å². The summed E-state index contributed by atoms with van der Waals surface area (Å²) in [4.78, 5) is 20.9. The van der Waals surface area contributed by atoms with Gasteiger partial charge in [-0.1, -0.05) is 17.7 Å². The average Bonchev–Trinajstić information content (AvgIpc) is 3.09. The highest BCUT2D eigenvalue weighted by Gasteiger charge is 2.13. The first-order chi connectivity index (χ1) is 12.6. The third-order valence-corrected chi connectivity index (χ3v) is 4.11. The van der Waals surface area contributed by atoms with E-state index in [0.29, 0.717) is 34.5 Å². The fraction of sp³-hybridized carbons (Fsp3) is 0.211. The number of imidazole rings is 1. The second-order valence-electron chi connectivity index (χ2n) is 5.70. The summed E-state index contributed by atoms with van der Waals surface area (Å²) in [6, 6.07) is 8.77. The SMILES string of the molecule is COc1ccc(C(=O)Cc2cn(Cc3ccc(Cl)nc3)cn2)cc1OC. The number of hydrogen-bond acceptors (Lipinski definition) is 5. The summed E-state index contributed by atoms with van der Waals surface area (Å²) in [6.45, 7) is 0.613. The van der Waals surface area contributed by atoms with Crippen molar-refractivity contribution in [3.8, 4) is 11.5 Å². The molecule has 0 saturated carbocycles. The summed E-state index contributed by atoms with van der Waals surface area (Å²) in [5, 5.41) is 0.459. The Morgan fingerprint density at radius 2 is 1.92 bits per heavy atom. The number of ether oxygens (including phenoxy) is 2. The fourth-order valence-corrected chi connectivity index (χ4v) is 2.68. The third kappa shape index (κ3) is 4.21. The molecule has 26 heavy (non-hydrogen) atoms. The minimum Gasteiger partial charge on any atom is -0.493 e. The van der Waals surface area contributed by atoms with E-state index in [1.165, 1.54) is 0 Å². The molecule has 7 heteroatoms. The quantitative estimate of drug-likeness (QED) is 0.470. The van der Waals surface area contributed by atoms with Gasteiger partial charge in [0, 0.05) is 18.0 Å². The van der Waals surface area contributed by atoms with Crippen molar-refractivity contribution in [3.63, 3.8) is 0 Å². The van der Waals surface area contributed by atoms with Gasteiger partial charge in [-0.2, -0.15) is 0 Å². The summed E-state index contributed by atoms with van der Waals surface area (Å²) in [6.07, 6.45) is 5.48. The first-order valence-corrected chi connectivity index (χ1v) is 8.33. The van der Waals surface area contributed by atoms with Gasteiger partial charge in [0.15, 0.2) is 17.3 Å². The Labute approximate surface area is 156 Å². The first-order valence-electron chi connectivity index (χ1n) is 7.95. The number of hydrogen-bond donors (Lipinski definition) is 0. The van der Waals surface area contributed by atoms with Crippen LogP contribution < -0.4 is 9.47 Å². The van der Waals surface area contributed by atoms with Crippen LogP contribution in [0.3, 0.4) is 0 Å². The van der Waals surface area contributed by atoms with Gasteiger partial charge in [0.1, 0.15) is 5.15 Å². The van der Waals surface area contributed by atoms with Gasteiger partial charge in [-0.25, -0.2) is 9.97 Å². The monoisotopic (exact) mass is 371 g/mol. The van der Waals surface area contributed by atoms with Crippen LogP contribution in [0.5, 0.6) is 11.5 Å². The molecule has 0 unspecified atom stereocenters. The van der Waals surface area contributed by atoms with E-state index in [9.17, 15) is 4.79 Å². The molecule has 0 radical (unpaired) electrons. The minimum absolute atomic E-state index is 0.0376. The molecule has 1 aromatic carbocycles. The normalized spacial score (nSPS) is 10.6. The Bertz CT molecular complexity index is 907. The van der Waals surface area contributed by atoms with Gasteiger partial charge in [-0.15, -0.1) is 0 Å². The van der Waals surface area contributed by atoms with Crippen LogP contribution in [-0.4, -0.2) is 34.5 Å². The molecule has 0 aliphatic rings. The molecule has 0 saturated heterocycles. The standard InChI is InChI=1S/C19H18ClN3O3/c1-25-17-5-4-14(7-18(17)26-2)16(24)8-15-11-23(12-22-15)10-13-3-6-19(20)21-9-13/h3-7,9,11-12H,8,10H2,1-2H3. The summed E-state index contributed by atoms with van der Waals surface area (Å²) in [7, 11) is 3.10. The lowest BCUT2D eigenvalue weighted by Gasteiger charge is -2.08. The highest BCUT2D eigenvalue weighted by Crippen LogP contribution is 2.28. The zero-order valence-corrected chi connectivity index (χ0v) is 15.2. The van der Waals surface area contributed by atoms with Crippen LogP contribution in [0.15, 0.2) is 49.1 Å². The zero-order chi connectivity index (χ0) is 18.5. The average molecular weight is 372 g/mol. The maximum absolute atomic E-state index is 12.5. The Morgan fingerprint density at radius 3 is 2.62 bits per heavy atom. The third-order valence-electron chi connectivity index (χ3n) is 3.89. The lowest BCUT2D eigenvalue weighted by molar-refractivity contribution is 0.0991. The molecule has 2 aromatic heterocycles. The van der Waals surface area contributed by atoms with Gasteiger partial charge in [-0.05, 0) is 29.8 Å². The molecule has 2 heterocycles. The van der Waals surface area contributed by atoms with Crippen LogP contribution in [0.1, 0.15) is 21.6 Å². The molecular weight excluding hydrogens is 354 g/mol. The Kier molecular flexibility index (Phi) is 5.53. The molecule has 3 rings (SSSR count). The number of pyridine rings is 1. The van der Waals surface area contributed by atoms with Crippen molar-refractivity contribution in [3.05, 3.63) is 71.0 Å². The number of aromatic nitrogens is 3. The molecule has 6 nitrogen and oxygen atoms in total. The number of methoxy groups -OCH3 is 2. The molecule has 3 aromatic rings. The number of rotatable bonds is 7. The molecular formula is C19H18ClN3O3. The smallest absolute Gasteiger partial charge is 0.169 e. The van der Waals surface area contributed by atoms with Crippen molar-refractivity contribution in [2.24, 2.45) is 0 Å². The van der Waals surface area contributed by atoms with Crippen LogP contribution in [0.4, 0.5) is 0 Å². The van der Waals surface area contributed by atoms with Crippen LogP contribution >= 0.6 is 11.6 Å². The van der Waals surface area contributed by atoms with Crippen molar-refractivity contribution in [2.45, 2.75) is 13.0 Å². The second-order valence-corrected chi connectivity index (χ2v) is 6.08. The van der Waals surface area contributed by atoms with Crippen molar-refractivity contribution in [1.29, 1.82) is 0 Å². The molecule has 134 valence electrons. The van der Waals surface area contributed by atoms with Gasteiger partial charge in [-0.3, -0.25) is 4.79 Å². The number of carbonyl (C=O) groups excluding carboxylic acids is 1. The largest absolute Gasteiger partial charge is 0.493 e. The lowest BCUT2D eigenvalue weighted by atomic mass is 10.1. The van der Waals surface area contributed by atoms with Crippen LogP contribution in [0.25, 0.3) is 0 Å². The molecule has 0 spiro atoms. The maximum Gasteiger partial charge on any atom is 0.169 e. The molecule has 0 fully saturated rings. The number of nitrogens with zero attached hydrogens (tertiary/aromatic N) is 3. The molecule has 0 amide bonds. The van der Waals surface area contributed by atoms with Crippen LogP contribution in [-0.2, 0) is 13.0 Å². The van der Waals surface area contributed by atoms with E-state index in [4.69, 9.17) is 21.1 Å². The Hall–Kier alpha value is -2.86. The van der Waals surface area contributed by atoms with Gasteiger partial charge in [0.25, 0.3) is 0 Å². The van der Waals surface area contributed by atoms with E-state index in [0.717, 1.165) is 5.56 Å². The van der Waals surface area contributed by atoms with Crippen molar-refractivity contribution < 1.29 is 14.3 Å². The number of benzene rings is 1. The topological polar surface area (TPSA) is 66.2 Å². The predicted octanol–water partition coefficient (Wildman–Crippen LogP) is 3.42. The Balaban J connectivity index is 1.68. The highest BCUT2D eigenvalue weighted by molar-refractivity contribution is 6.29. The highest BCUT2D eigenvalue weighted by atomic mass is 35.5. The van der Waals surface area contributed by atoms with E-state index >= 15 is 0 Å². The minimum atomic E-state index is -0.0376. The number of Topliss-reactive ketones (excluding diaryl/α,β-unsaturated/α-hetero) is 1. The molecule has 0 aliphatic carbocycles. The van der Waals surface area contributed by atoms with Gasteiger partial charge in [0.2, 0.25) is 0 Å². The van der Waals surface area contributed by atoms with Crippen LogP contribution in [0.2, 0.25) is 5.15 Å². The first kappa shape index (κ1) is 17.9. The van der Waals surface area contributed by atoms with Gasteiger partial charge < -0.3 is 14.0 Å². The number of halogens is 1. The Morgan fingerprint density at radius 1 is 1.12 bits per heavy atom. The van der Waals surface area contributed by atoms with E-state index in [1.807, 2.05) is 16.8 Å². The second kappa shape index (κ2) is 8.01. The van der Waals surface area contributed by atoms with E-state index < -0.39 is 0 Å². The number of carbonyl (C=O) groups is 1. The van der Waals surface area contributed by atoms with Crippen molar-refractivity contribution >= 4 is 17.4 Å². The molecule has 0 atom stereocenters. The van der Waals surface area contributed by atoms with E-state index in [-0.39, 0.29) is 12.2 Å². The van der Waals surface area contributed by atoms with Gasteiger partial charge in [0.05, 0.1) is 39.2 Å². The summed E-state index contributed by atoms with van der Waals surface area (Å²) in [5.74, 6) is 1.08. The maximum atomic E-state index is 12.5. The lowest BCUT2D eigenvalue weighted by Crippen LogP contribution is -2.05. The summed E-state index contributed by atoms with van der Waals surface area (Å²) in [5.41, 5.74) is 2.26. The zero-order valence-electron chi connectivity index (χ0n) is 14.5. The summed E-state index contributed by atoms with van der Waals surface area (Å²) >= 11 is 5.79. The van der Waals surface area contributed by atoms with E-state index in [1.54, 1.807) is 51.0 Å². The molecule has 0 N–H and O–H groups in total. The fourth-order valence-electron chi connectivity index (χ4n) is 2.57. The predicted molar refractivity (Wildman–Crippen MR) is 98.2 cm³/mol. The summed E-state index contributed by atoms with van der Waals surface area (Å²) < 4.78 is 12.3. The van der Waals surface area contributed by atoms with Crippen LogP contribution in [0, 0.1) is 0 Å². The molecule has 0 bridgehead atoms. The van der Waals surface area contributed by atoms with E-state index in [2.05, 4.69) is 9.97 Å².